The van der Waals surface area contributed by atoms with E-state index in [-0.39, 0.29) is 33.9 Å². The first-order chi connectivity index (χ1) is 22.4. The van der Waals surface area contributed by atoms with Crippen molar-refractivity contribution >= 4 is 64.0 Å². The second-order valence-corrected chi connectivity index (χ2v) is 12.5. The van der Waals surface area contributed by atoms with Crippen LogP contribution in [0.5, 0.6) is 0 Å². The van der Waals surface area contributed by atoms with Gasteiger partial charge in [0.1, 0.15) is 28.2 Å². The largest absolute Gasteiger partial charge is 0.419 e. The number of likely N-dealkylation sites (N-methyl/N-ethyl adjacent to an activating group) is 1. The number of nitrogens with one attached hydrogen (secondary N) is 1. The molecule has 1 aliphatic carbocycles. The smallest absolute Gasteiger partial charge is 0.326 e. The first-order valence-electron chi connectivity index (χ1n) is 14.0. The lowest BCUT2D eigenvalue weighted by Gasteiger charge is -2.18. The Kier molecular flexibility index (Phi) is 10.8. The van der Waals surface area contributed by atoms with E-state index in [1.165, 1.54) is 19.1 Å². The normalized spacial score (nSPS) is 16.5. The number of benzene rings is 3. The van der Waals surface area contributed by atoms with Crippen LogP contribution in [0, 0.1) is 34.7 Å². The summed E-state index contributed by atoms with van der Waals surface area (Å²) >= 11 is 18.7. The number of halogens is 9. The Balaban J connectivity index is 1.51. The van der Waals surface area contributed by atoms with Gasteiger partial charge < -0.3 is 5.32 Å². The molecule has 7 nitrogen and oxygen atoms in total. The molecule has 1 fully saturated rings. The summed E-state index contributed by atoms with van der Waals surface area (Å²) in [6, 6.07) is 9.26. The van der Waals surface area contributed by atoms with E-state index in [1.807, 2.05) is 0 Å². The number of nitriles is 1. The number of rotatable bonds is 10. The van der Waals surface area contributed by atoms with E-state index in [9.17, 15) is 41.1 Å². The highest BCUT2D eigenvalue weighted by atomic mass is 35.5. The molecule has 0 aromatic heterocycles. The van der Waals surface area contributed by atoms with Crippen LogP contribution < -0.4 is 5.32 Å². The van der Waals surface area contributed by atoms with Gasteiger partial charge in [0.05, 0.1) is 29.0 Å². The van der Waals surface area contributed by atoms with Gasteiger partial charge in [0.25, 0.3) is 0 Å². The number of Topliss-reactive ketones (excluding diaryl/α,β-unsaturated/α-hetero) is 1. The molecule has 252 valence electrons. The van der Waals surface area contributed by atoms with Gasteiger partial charge in [-0.1, -0.05) is 23.7 Å². The van der Waals surface area contributed by atoms with Crippen LogP contribution in [0.1, 0.15) is 51.9 Å². The number of carbonyl (C=O) groups is 4. The number of nitrogens with zero attached hydrogens (tertiary/aromatic N) is 2. The van der Waals surface area contributed by atoms with Gasteiger partial charge in [0, 0.05) is 35.7 Å². The minimum Gasteiger partial charge on any atom is -0.326 e. The summed E-state index contributed by atoms with van der Waals surface area (Å²) in [6.45, 7) is 1.30. The molecule has 1 saturated carbocycles. The van der Waals surface area contributed by atoms with Crippen LogP contribution >= 0.6 is 34.8 Å². The second kappa shape index (κ2) is 14.2. The minimum absolute atomic E-state index is 0.00910. The molecule has 0 unspecified atom stereocenters. The van der Waals surface area contributed by atoms with Gasteiger partial charge in [0.2, 0.25) is 17.7 Å². The van der Waals surface area contributed by atoms with Crippen LogP contribution in [0.25, 0.3) is 0 Å². The van der Waals surface area contributed by atoms with Gasteiger partial charge in [-0.25, -0.2) is 13.2 Å². The zero-order valence-electron chi connectivity index (χ0n) is 24.5. The molecule has 1 aliphatic rings. The molecule has 1 N–H and O–H groups in total. The van der Waals surface area contributed by atoms with Crippen LogP contribution in [0.2, 0.25) is 5.02 Å². The van der Waals surface area contributed by atoms with Gasteiger partial charge in [-0.2, -0.15) is 18.4 Å². The van der Waals surface area contributed by atoms with Crippen molar-refractivity contribution in [2.24, 2.45) is 5.92 Å². The topological polar surface area (TPSA) is 107 Å². The highest BCUT2D eigenvalue weighted by molar-refractivity contribution is 6.53. The zero-order chi connectivity index (χ0) is 35.7. The van der Waals surface area contributed by atoms with Gasteiger partial charge in [-0.15, -0.1) is 23.2 Å². The maximum absolute atomic E-state index is 15.4. The molecule has 0 aliphatic heterocycles. The van der Waals surface area contributed by atoms with Crippen LogP contribution in [-0.2, 0) is 33.4 Å². The van der Waals surface area contributed by atoms with Crippen LogP contribution in [0.4, 0.5) is 32.0 Å². The third-order valence-corrected chi connectivity index (χ3v) is 8.89. The van der Waals surface area contributed by atoms with E-state index in [0.717, 1.165) is 24.3 Å². The highest BCUT2D eigenvalue weighted by Gasteiger charge is 2.67. The quantitative estimate of drug-likeness (QED) is 0.132. The average Bonchev–Trinajstić information content (AvgIpc) is 3.59. The molecule has 48 heavy (non-hydrogen) atoms. The number of carbonyl (C=O) groups excluding carboxylic acids is 4. The van der Waals surface area contributed by atoms with E-state index in [0.29, 0.717) is 17.0 Å². The Labute approximate surface area is 284 Å². The molecule has 2 atom stereocenters. The van der Waals surface area contributed by atoms with Crippen LogP contribution in [0.3, 0.4) is 0 Å². The summed E-state index contributed by atoms with van der Waals surface area (Å²) in [5, 5.41) is 11.1. The number of imide groups is 1. The van der Waals surface area contributed by atoms with Gasteiger partial charge in [0.15, 0.2) is 5.78 Å². The Bertz CT molecular complexity index is 1860. The number of anilines is 1. The third kappa shape index (κ3) is 7.61. The third-order valence-electron chi connectivity index (χ3n) is 7.62. The zero-order valence-corrected chi connectivity index (χ0v) is 26.8. The molecule has 0 heterocycles. The minimum atomic E-state index is -5.01. The number of ketones is 1. The summed E-state index contributed by atoms with van der Waals surface area (Å²) in [7, 11) is 0. The standard InChI is InChI=1S/C32H22Cl3F6N3O4/c1-2-44(25(46)9-10-42)26(47)14-19-22(36)7-4-16(29(19)38)12-24(45)18-13-17(5-6-21(18)33)43-30(48)28-27(31(28,34)35)15-3-8-23(37)20(11-15)32(39,40)41/h3-8,11,13,27-28H,2,9,12,14H2,1H3,(H,43,48)/t27-,28+/m0/s1. The lowest BCUT2D eigenvalue weighted by Crippen LogP contribution is -2.37. The molecule has 0 saturated heterocycles. The summed E-state index contributed by atoms with van der Waals surface area (Å²) in [4.78, 5) is 51.6. The van der Waals surface area contributed by atoms with Crippen molar-refractivity contribution < 1.29 is 45.5 Å². The lowest BCUT2D eigenvalue weighted by atomic mass is 9.98. The lowest BCUT2D eigenvalue weighted by molar-refractivity contribution is -0.144. The maximum Gasteiger partial charge on any atom is 0.419 e. The van der Waals surface area contributed by atoms with Crippen molar-refractivity contribution in [3.63, 3.8) is 0 Å². The number of alkyl halides is 5. The van der Waals surface area contributed by atoms with Crippen molar-refractivity contribution in [2.75, 3.05) is 11.9 Å². The van der Waals surface area contributed by atoms with Crippen molar-refractivity contribution in [2.45, 2.75) is 42.6 Å². The fourth-order valence-electron chi connectivity index (χ4n) is 5.17. The fraction of sp³-hybridized carbons (Fsp3) is 0.281. The molecular formula is C32H22Cl3F6N3O4. The summed E-state index contributed by atoms with van der Waals surface area (Å²) in [5.74, 6) is -9.65. The molecule has 16 heteroatoms. The first-order valence-corrected chi connectivity index (χ1v) is 15.1. The van der Waals surface area contributed by atoms with Gasteiger partial charge in [-0.3, -0.25) is 24.1 Å². The number of hydrogen-bond acceptors (Lipinski definition) is 5. The van der Waals surface area contributed by atoms with Gasteiger partial charge in [-0.05, 0) is 54.4 Å². The predicted molar refractivity (Wildman–Crippen MR) is 163 cm³/mol. The Morgan fingerprint density at radius 1 is 0.958 bits per heavy atom. The second-order valence-electron chi connectivity index (χ2n) is 10.7. The molecule has 3 aromatic rings. The van der Waals surface area contributed by atoms with E-state index >= 15 is 4.39 Å². The molecule has 0 spiro atoms. The molecule has 3 amide bonds. The highest BCUT2D eigenvalue weighted by Crippen LogP contribution is 2.65. The van der Waals surface area contributed by atoms with E-state index in [1.54, 1.807) is 6.07 Å². The van der Waals surface area contributed by atoms with E-state index in [4.69, 9.17) is 40.1 Å². The molecule has 3 aromatic carbocycles. The summed E-state index contributed by atoms with van der Waals surface area (Å²) < 4.78 is 81.6. The Morgan fingerprint density at radius 3 is 2.25 bits per heavy atom. The first kappa shape index (κ1) is 36.7. The average molecular weight is 733 g/mol. The SMILES string of the molecule is CCN(C(=O)CC#N)C(=O)Cc1c(F)ccc(CC(=O)c2cc(NC(=O)[C@H]3[C@H](c4ccc(F)c(C(F)(F)F)c4)C3(Cl)Cl)ccc2Cl)c1F. The van der Waals surface area contributed by atoms with Crippen molar-refractivity contribution in [3.05, 3.63) is 98.8 Å². The fourth-order valence-corrected chi connectivity index (χ4v) is 6.22. The number of amides is 3. The molecule has 0 radical (unpaired) electrons. The maximum atomic E-state index is 15.4. The Morgan fingerprint density at radius 2 is 1.62 bits per heavy atom. The molecule has 0 bridgehead atoms. The van der Waals surface area contributed by atoms with Gasteiger partial charge >= 0.3 is 6.18 Å². The van der Waals surface area contributed by atoms with Crippen molar-refractivity contribution in [1.29, 1.82) is 5.26 Å². The summed E-state index contributed by atoms with van der Waals surface area (Å²) in [5.41, 5.74) is -2.90. The van der Waals surface area contributed by atoms with Crippen molar-refractivity contribution in [1.82, 2.24) is 4.90 Å². The van der Waals surface area contributed by atoms with Crippen molar-refractivity contribution in [3.8, 4) is 6.07 Å². The predicted octanol–water partition coefficient (Wildman–Crippen LogP) is 7.56. The Hall–Kier alpha value is -4.12. The molecular weight excluding hydrogens is 711 g/mol. The van der Waals surface area contributed by atoms with E-state index < -0.39 is 93.7 Å². The number of hydrogen-bond donors (Lipinski definition) is 1. The monoisotopic (exact) mass is 731 g/mol. The van der Waals surface area contributed by atoms with Crippen LogP contribution in [0.15, 0.2) is 48.5 Å². The van der Waals surface area contributed by atoms with E-state index in [2.05, 4.69) is 5.32 Å². The summed E-state index contributed by atoms with van der Waals surface area (Å²) in [6.07, 6.45) is -7.16. The molecule has 4 rings (SSSR count). The van der Waals surface area contributed by atoms with Crippen LogP contribution in [-0.4, -0.2) is 39.3 Å².